The molecule has 1 N–H and O–H groups in total. The number of hydrogen-bond acceptors (Lipinski definition) is 6. The first kappa shape index (κ1) is 16.3. The highest BCUT2D eigenvalue weighted by Crippen LogP contribution is 2.31. The van der Waals surface area contributed by atoms with Gasteiger partial charge in [-0.2, -0.15) is 13.2 Å². The van der Waals surface area contributed by atoms with Crippen LogP contribution in [0.25, 0.3) is 0 Å². The van der Waals surface area contributed by atoms with Gasteiger partial charge in [-0.25, -0.2) is 0 Å². The average Bonchev–Trinajstić information content (AvgIpc) is 2.36. The van der Waals surface area contributed by atoms with Gasteiger partial charge >= 0.3 is 18.0 Å². The van der Waals surface area contributed by atoms with Crippen LogP contribution in [-0.4, -0.2) is 21.7 Å². The predicted molar refractivity (Wildman–Crippen MR) is 57.6 cm³/mol. The summed E-state index contributed by atoms with van der Waals surface area (Å²) in [5, 5.41) is 27.5. The van der Waals surface area contributed by atoms with Crippen LogP contribution in [0.1, 0.15) is 5.56 Å². The highest BCUT2D eigenvalue weighted by molar-refractivity contribution is 5.80. The molecule has 1 aromatic carbocycles. The maximum absolute atomic E-state index is 13.5. The van der Waals surface area contributed by atoms with Crippen molar-refractivity contribution < 1.29 is 32.1 Å². The molecule has 0 heterocycles. The number of nitrogens with zero attached hydrogens (tertiary/aromatic N) is 2. The molecule has 0 aromatic heterocycles. The molecule has 0 unspecified atom stereocenters. The molecular weight excluding hydrogens is 306 g/mol. The summed E-state index contributed by atoms with van der Waals surface area (Å²) in [6.07, 6.45) is -4.78. The van der Waals surface area contributed by atoms with E-state index in [2.05, 4.69) is 4.74 Å². The molecule has 0 saturated heterocycles. The van der Waals surface area contributed by atoms with Crippen molar-refractivity contribution in [1.29, 1.82) is 5.41 Å². The van der Waals surface area contributed by atoms with Gasteiger partial charge in [-0.3, -0.25) is 25.6 Å². The van der Waals surface area contributed by atoms with Gasteiger partial charge in [0.1, 0.15) is 15.6 Å². The van der Waals surface area contributed by atoms with E-state index in [0.717, 1.165) is 12.1 Å². The van der Waals surface area contributed by atoms with E-state index in [4.69, 9.17) is 5.41 Å². The van der Waals surface area contributed by atoms with Crippen LogP contribution in [0.5, 0.6) is 5.75 Å². The van der Waals surface area contributed by atoms with Crippen molar-refractivity contribution in [1.82, 2.24) is 0 Å². The lowest BCUT2D eigenvalue weighted by atomic mass is 10.2. The van der Waals surface area contributed by atoms with E-state index >= 15 is 0 Å². The number of halogens is 4. The average molecular weight is 311 g/mol. The number of ether oxygens (including phenoxy) is 1. The molecule has 21 heavy (non-hydrogen) atoms. The van der Waals surface area contributed by atoms with Crippen molar-refractivity contribution in [3.63, 3.8) is 0 Å². The fraction of sp³-hybridized carbons (Fsp3) is 0.222. The number of rotatable bonds is 4. The summed E-state index contributed by atoms with van der Waals surface area (Å²) in [5.41, 5.74) is -1.24. The van der Waals surface area contributed by atoms with Gasteiger partial charge < -0.3 is 4.74 Å². The van der Waals surface area contributed by atoms with Crippen molar-refractivity contribution in [3.05, 3.63) is 50.1 Å². The number of nitro groups is 2. The predicted octanol–water partition coefficient (Wildman–Crippen LogP) is 2.24. The second-order valence-electron chi connectivity index (χ2n) is 3.56. The Balaban J connectivity index is 3.09. The molecule has 1 aromatic rings. The summed E-state index contributed by atoms with van der Waals surface area (Å²) in [6.45, 7) is 0. The lowest BCUT2D eigenvalue weighted by molar-refractivity contribution is -0.807. The van der Waals surface area contributed by atoms with Gasteiger partial charge in [-0.15, -0.1) is 0 Å². The third kappa shape index (κ3) is 3.21. The molecule has 0 aliphatic heterocycles. The van der Waals surface area contributed by atoms with Gasteiger partial charge in [-0.1, -0.05) is 10.5 Å². The molecular formula is C9H5F4N3O5. The Bertz CT molecular complexity index is 589. The number of hydrogen-bond donors (Lipinski definition) is 1. The van der Waals surface area contributed by atoms with Gasteiger partial charge in [0.2, 0.25) is 0 Å². The first-order valence-corrected chi connectivity index (χ1v) is 4.91. The van der Waals surface area contributed by atoms with Gasteiger partial charge in [0.25, 0.3) is 0 Å². The van der Waals surface area contributed by atoms with Gasteiger partial charge in [0, 0.05) is 0 Å². The zero-order chi connectivity index (χ0) is 16.4. The molecule has 0 bridgehead atoms. The molecule has 0 radical (unpaired) electrons. The zero-order valence-electron chi connectivity index (χ0n) is 9.76. The van der Waals surface area contributed by atoms with E-state index in [0.29, 0.717) is 12.1 Å². The van der Waals surface area contributed by atoms with Crippen LogP contribution in [0.4, 0.5) is 17.6 Å². The third-order valence-electron chi connectivity index (χ3n) is 2.15. The SMILES string of the molecule is N=C(Oc1cccc(C(F)(F)F)c1)C(F)([N+](=O)[O-])[N+](=O)[O-]. The highest BCUT2D eigenvalue weighted by atomic mass is 19.4. The smallest absolute Gasteiger partial charge is 0.429 e. The molecule has 114 valence electrons. The molecule has 8 nitrogen and oxygen atoms in total. The van der Waals surface area contributed by atoms with Gasteiger partial charge in [0.15, 0.2) is 0 Å². The second kappa shape index (κ2) is 5.30. The van der Waals surface area contributed by atoms with E-state index in [1.165, 1.54) is 0 Å². The van der Waals surface area contributed by atoms with Crippen molar-refractivity contribution in [2.24, 2.45) is 0 Å². The second-order valence-corrected chi connectivity index (χ2v) is 3.56. The van der Waals surface area contributed by atoms with E-state index < -0.39 is 39.2 Å². The zero-order valence-corrected chi connectivity index (χ0v) is 9.76. The molecule has 0 amide bonds. The summed E-state index contributed by atoms with van der Waals surface area (Å²) in [5.74, 6) is -7.47. The molecule has 0 aliphatic carbocycles. The molecule has 12 heteroatoms. The molecule has 0 atom stereocenters. The normalized spacial score (nSPS) is 11.8. The Morgan fingerprint density at radius 3 is 2.10 bits per heavy atom. The first-order valence-electron chi connectivity index (χ1n) is 4.91. The minimum atomic E-state index is -4.78. The van der Waals surface area contributed by atoms with E-state index in [1.807, 2.05) is 0 Å². The van der Waals surface area contributed by atoms with Crippen LogP contribution in [0.3, 0.4) is 0 Å². The Labute approximate surface area is 112 Å². The lowest BCUT2D eigenvalue weighted by Gasteiger charge is -2.11. The summed E-state index contributed by atoms with van der Waals surface area (Å²) in [7, 11) is 0. The number of benzene rings is 1. The van der Waals surface area contributed by atoms with Crippen molar-refractivity contribution in [2.45, 2.75) is 12.1 Å². The Morgan fingerprint density at radius 1 is 1.14 bits per heavy atom. The molecule has 0 aliphatic rings. The standard InChI is InChI=1S/C9H5F4N3O5/c10-8(11,12)5-2-1-3-6(4-5)21-7(14)9(13,15(17)18)16(19)20/h1-4,14H. The number of alkyl halides is 4. The number of nitrogens with one attached hydrogen (secondary N) is 1. The van der Waals surface area contributed by atoms with Crippen LogP contribution in [0.2, 0.25) is 0 Å². The van der Waals surface area contributed by atoms with E-state index in [1.54, 1.807) is 0 Å². The largest absolute Gasteiger partial charge is 0.694 e. The van der Waals surface area contributed by atoms with E-state index in [-0.39, 0.29) is 0 Å². The van der Waals surface area contributed by atoms with E-state index in [9.17, 15) is 37.8 Å². The Hall–Kier alpha value is -2.79. The maximum atomic E-state index is 13.5. The topological polar surface area (TPSA) is 119 Å². The monoisotopic (exact) mass is 311 g/mol. The van der Waals surface area contributed by atoms with Crippen molar-refractivity contribution in [2.75, 3.05) is 0 Å². The van der Waals surface area contributed by atoms with Crippen molar-refractivity contribution >= 4 is 5.90 Å². The van der Waals surface area contributed by atoms with Crippen LogP contribution >= 0.6 is 0 Å². The van der Waals surface area contributed by atoms with Gasteiger partial charge in [0.05, 0.1) is 5.56 Å². The molecule has 0 spiro atoms. The maximum Gasteiger partial charge on any atom is 0.694 e. The first-order chi connectivity index (χ1) is 9.49. The molecule has 0 saturated carbocycles. The highest BCUT2D eigenvalue weighted by Gasteiger charge is 2.66. The fourth-order valence-corrected chi connectivity index (χ4v) is 1.15. The Kier molecular flexibility index (Phi) is 4.11. The van der Waals surface area contributed by atoms with Crippen molar-refractivity contribution in [3.8, 4) is 5.75 Å². The quantitative estimate of drug-likeness (QED) is 0.174. The van der Waals surface area contributed by atoms with Crippen LogP contribution in [0.15, 0.2) is 24.3 Å². The summed E-state index contributed by atoms with van der Waals surface area (Å²) >= 11 is 0. The van der Waals surface area contributed by atoms with Gasteiger partial charge in [-0.05, 0) is 18.2 Å². The molecule has 0 fully saturated rings. The van der Waals surface area contributed by atoms with Crippen LogP contribution in [-0.2, 0) is 6.18 Å². The summed E-state index contributed by atoms with van der Waals surface area (Å²) in [6, 6.07) is 2.59. The summed E-state index contributed by atoms with van der Waals surface area (Å²) < 4.78 is 54.8. The minimum Gasteiger partial charge on any atom is -0.429 e. The Morgan fingerprint density at radius 2 is 1.67 bits per heavy atom. The molecule has 1 rings (SSSR count). The van der Waals surface area contributed by atoms with Crippen LogP contribution in [0, 0.1) is 25.6 Å². The minimum absolute atomic E-state index is 0.314. The summed E-state index contributed by atoms with van der Waals surface area (Å²) in [4.78, 5) is 16.5. The lowest BCUT2D eigenvalue weighted by Crippen LogP contribution is -2.51. The fourth-order valence-electron chi connectivity index (χ4n) is 1.15. The third-order valence-corrected chi connectivity index (χ3v) is 2.15. The van der Waals surface area contributed by atoms with Crippen LogP contribution < -0.4 is 4.74 Å².